The average molecular weight is 428 g/mol. The number of H-pyrrole nitrogens is 1. The van der Waals surface area contributed by atoms with Crippen molar-refractivity contribution in [2.24, 2.45) is 0 Å². The zero-order valence-electron chi connectivity index (χ0n) is 15.2. The molecule has 0 spiro atoms. The summed E-state index contributed by atoms with van der Waals surface area (Å²) < 4.78 is 6.69. The Balaban J connectivity index is 1.65. The molecule has 140 valence electrons. The van der Waals surface area contributed by atoms with Gasteiger partial charge in [-0.1, -0.05) is 41.4 Å². The number of nitrogens with one attached hydrogen (secondary N) is 2. The van der Waals surface area contributed by atoms with Crippen molar-refractivity contribution in [2.75, 3.05) is 6.61 Å². The van der Waals surface area contributed by atoms with E-state index in [4.69, 9.17) is 4.74 Å². The van der Waals surface area contributed by atoms with Gasteiger partial charge in [0.2, 0.25) is 0 Å². The maximum absolute atomic E-state index is 12.6. The minimum Gasteiger partial charge on any atom is -0.494 e. The van der Waals surface area contributed by atoms with Crippen LogP contribution in [0.5, 0.6) is 5.75 Å². The van der Waals surface area contributed by atoms with Gasteiger partial charge in [-0.05, 0) is 48.4 Å². The topological polar surface area (TPSA) is 67.0 Å². The maximum Gasteiger partial charge on any atom is 0.255 e. The largest absolute Gasteiger partial charge is 0.494 e. The van der Waals surface area contributed by atoms with E-state index in [1.807, 2.05) is 48.5 Å². The third-order valence-electron chi connectivity index (χ3n) is 4.16. The summed E-state index contributed by atoms with van der Waals surface area (Å²) >= 11 is 3.41. The van der Waals surface area contributed by atoms with Crippen LogP contribution in [0.15, 0.2) is 59.2 Å². The van der Waals surface area contributed by atoms with Crippen molar-refractivity contribution in [3.63, 3.8) is 0 Å². The fourth-order valence-corrected chi connectivity index (χ4v) is 2.87. The first-order chi connectivity index (χ1) is 13.2. The molecule has 1 amide bonds. The fourth-order valence-electron chi connectivity index (χ4n) is 2.61. The van der Waals surface area contributed by atoms with Gasteiger partial charge in [-0.25, -0.2) is 0 Å². The highest BCUT2D eigenvalue weighted by molar-refractivity contribution is 9.10. The van der Waals surface area contributed by atoms with Gasteiger partial charge in [-0.3, -0.25) is 9.89 Å². The number of rotatable bonds is 8. The van der Waals surface area contributed by atoms with Crippen LogP contribution in [-0.4, -0.2) is 22.7 Å². The molecule has 0 unspecified atom stereocenters. The molecule has 27 heavy (non-hydrogen) atoms. The molecule has 0 saturated heterocycles. The predicted molar refractivity (Wildman–Crippen MR) is 110 cm³/mol. The Bertz CT molecular complexity index is 873. The number of amides is 1. The van der Waals surface area contributed by atoms with Gasteiger partial charge in [0.05, 0.1) is 24.1 Å². The summed E-state index contributed by atoms with van der Waals surface area (Å²) in [5.74, 6) is 0.665. The van der Waals surface area contributed by atoms with Crippen molar-refractivity contribution in [3.05, 3.63) is 70.3 Å². The second-order valence-electron chi connectivity index (χ2n) is 6.19. The first-order valence-electron chi connectivity index (χ1n) is 8.96. The summed E-state index contributed by atoms with van der Waals surface area (Å²) in [5.41, 5.74) is 3.14. The van der Waals surface area contributed by atoms with Crippen molar-refractivity contribution in [3.8, 4) is 17.0 Å². The molecule has 0 radical (unpaired) electrons. The Morgan fingerprint density at radius 1 is 1.15 bits per heavy atom. The molecule has 2 aromatic carbocycles. The molecular formula is C21H22BrN3O2. The van der Waals surface area contributed by atoms with Crippen LogP contribution in [-0.2, 0) is 6.54 Å². The molecule has 0 aliphatic rings. The summed E-state index contributed by atoms with van der Waals surface area (Å²) in [7, 11) is 0. The summed E-state index contributed by atoms with van der Waals surface area (Å²) in [6.45, 7) is 3.30. The lowest BCUT2D eigenvalue weighted by Gasteiger charge is -2.08. The molecule has 1 aromatic heterocycles. The Labute approximate surface area is 167 Å². The van der Waals surface area contributed by atoms with Crippen molar-refractivity contribution in [1.82, 2.24) is 15.5 Å². The number of benzene rings is 2. The molecule has 1 heterocycles. The molecule has 3 aromatic rings. The molecular weight excluding hydrogens is 406 g/mol. The highest BCUT2D eigenvalue weighted by Gasteiger charge is 2.15. The summed E-state index contributed by atoms with van der Waals surface area (Å²) in [6.07, 6.45) is 3.69. The summed E-state index contributed by atoms with van der Waals surface area (Å²) in [6, 6.07) is 15.5. The minimum atomic E-state index is -0.162. The SMILES string of the molecule is CCCCOc1ccc(-c2[nH]ncc2C(=O)NCc2ccc(Br)cc2)cc1. The van der Waals surface area contributed by atoms with Crippen LogP contribution in [0.4, 0.5) is 0 Å². The Morgan fingerprint density at radius 2 is 1.89 bits per heavy atom. The van der Waals surface area contributed by atoms with Crippen LogP contribution in [0, 0.1) is 0 Å². The van der Waals surface area contributed by atoms with Crippen LogP contribution in [0.3, 0.4) is 0 Å². The van der Waals surface area contributed by atoms with Crippen LogP contribution in [0.1, 0.15) is 35.7 Å². The Hall–Kier alpha value is -2.60. The van der Waals surface area contributed by atoms with Gasteiger partial charge in [0.1, 0.15) is 5.75 Å². The highest BCUT2D eigenvalue weighted by Crippen LogP contribution is 2.24. The summed E-state index contributed by atoms with van der Waals surface area (Å²) in [4.78, 5) is 12.6. The zero-order valence-corrected chi connectivity index (χ0v) is 16.8. The van der Waals surface area contributed by atoms with E-state index in [0.717, 1.165) is 34.2 Å². The van der Waals surface area contributed by atoms with Gasteiger partial charge >= 0.3 is 0 Å². The number of carbonyl (C=O) groups is 1. The monoisotopic (exact) mass is 427 g/mol. The number of nitrogens with zero attached hydrogens (tertiary/aromatic N) is 1. The van der Waals surface area contributed by atoms with Crippen molar-refractivity contribution >= 4 is 21.8 Å². The molecule has 0 fully saturated rings. The third-order valence-corrected chi connectivity index (χ3v) is 4.69. The maximum atomic E-state index is 12.6. The van der Waals surface area contributed by atoms with Gasteiger partial charge in [0, 0.05) is 16.6 Å². The molecule has 0 bridgehead atoms. The molecule has 0 aliphatic carbocycles. The Morgan fingerprint density at radius 3 is 2.59 bits per heavy atom. The first-order valence-corrected chi connectivity index (χ1v) is 9.76. The number of carbonyl (C=O) groups excluding carboxylic acids is 1. The number of aromatic amines is 1. The lowest BCUT2D eigenvalue weighted by atomic mass is 10.1. The van der Waals surface area contributed by atoms with Gasteiger partial charge < -0.3 is 10.1 Å². The third kappa shape index (κ3) is 5.20. The molecule has 0 atom stereocenters. The molecule has 0 aliphatic heterocycles. The van der Waals surface area contributed by atoms with E-state index in [-0.39, 0.29) is 5.91 Å². The smallest absolute Gasteiger partial charge is 0.255 e. The van der Waals surface area contributed by atoms with Crippen LogP contribution in [0.2, 0.25) is 0 Å². The number of unbranched alkanes of at least 4 members (excludes halogenated alkanes) is 1. The van der Waals surface area contributed by atoms with Crippen LogP contribution < -0.4 is 10.1 Å². The van der Waals surface area contributed by atoms with E-state index in [1.165, 1.54) is 0 Å². The van der Waals surface area contributed by atoms with E-state index >= 15 is 0 Å². The predicted octanol–water partition coefficient (Wildman–Crippen LogP) is 4.95. The van der Waals surface area contributed by atoms with E-state index in [1.54, 1.807) is 6.20 Å². The standard InChI is InChI=1S/C21H22BrN3O2/c1-2-3-12-27-18-10-6-16(7-11-18)20-19(14-24-25-20)21(26)23-13-15-4-8-17(22)9-5-15/h4-11,14H,2-3,12-13H2,1H3,(H,23,26)(H,24,25). The van der Waals surface area contributed by atoms with Crippen molar-refractivity contribution in [2.45, 2.75) is 26.3 Å². The molecule has 0 saturated carbocycles. The van der Waals surface area contributed by atoms with Gasteiger partial charge in [-0.15, -0.1) is 0 Å². The number of hydrogen-bond donors (Lipinski definition) is 2. The highest BCUT2D eigenvalue weighted by atomic mass is 79.9. The second-order valence-corrected chi connectivity index (χ2v) is 7.11. The van der Waals surface area contributed by atoms with E-state index in [9.17, 15) is 4.79 Å². The Kier molecular flexibility index (Phi) is 6.65. The van der Waals surface area contributed by atoms with Gasteiger partial charge in [-0.2, -0.15) is 5.10 Å². The minimum absolute atomic E-state index is 0.162. The van der Waals surface area contributed by atoms with Gasteiger partial charge in [0.15, 0.2) is 0 Å². The van der Waals surface area contributed by atoms with E-state index < -0.39 is 0 Å². The van der Waals surface area contributed by atoms with Crippen molar-refractivity contribution in [1.29, 1.82) is 0 Å². The molecule has 6 heteroatoms. The number of aromatic nitrogens is 2. The quantitative estimate of drug-likeness (QED) is 0.499. The van der Waals surface area contributed by atoms with E-state index in [0.29, 0.717) is 24.4 Å². The van der Waals surface area contributed by atoms with Crippen LogP contribution >= 0.6 is 15.9 Å². The van der Waals surface area contributed by atoms with Crippen LogP contribution in [0.25, 0.3) is 11.3 Å². The number of hydrogen-bond acceptors (Lipinski definition) is 3. The average Bonchev–Trinajstić information content (AvgIpc) is 3.18. The zero-order chi connectivity index (χ0) is 19.1. The lowest BCUT2D eigenvalue weighted by Crippen LogP contribution is -2.22. The fraction of sp³-hybridized carbons (Fsp3) is 0.238. The van der Waals surface area contributed by atoms with Crippen molar-refractivity contribution < 1.29 is 9.53 Å². The normalized spacial score (nSPS) is 10.6. The molecule has 2 N–H and O–H groups in total. The lowest BCUT2D eigenvalue weighted by molar-refractivity contribution is 0.0951. The molecule has 5 nitrogen and oxygen atoms in total. The van der Waals surface area contributed by atoms with Gasteiger partial charge in [0.25, 0.3) is 5.91 Å². The second kappa shape index (κ2) is 9.37. The molecule has 3 rings (SSSR count). The number of halogens is 1. The van der Waals surface area contributed by atoms with E-state index in [2.05, 4.69) is 38.4 Å². The first kappa shape index (κ1) is 19.2. The number of ether oxygens (including phenoxy) is 1. The summed E-state index contributed by atoms with van der Waals surface area (Å²) in [5, 5.41) is 9.91.